The SMILES string of the molecule is COc1cc(NCCC2=CCCC2)ncn1. The third-order valence-electron chi connectivity index (χ3n) is 2.74. The number of nitrogens with one attached hydrogen (secondary N) is 1. The first-order valence-electron chi connectivity index (χ1n) is 5.66. The molecule has 0 bridgehead atoms. The van der Waals surface area contributed by atoms with Gasteiger partial charge in [0.2, 0.25) is 5.88 Å². The van der Waals surface area contributed by atoms with E-state index in [0.717, 1.165) is 18.8 Å². The van der Waals surface area contributed by atoms with Gasteiger partial charge in [-0.1, -0.05) is 11.6 Å². The molecule has 1 aromatic heterocycles. The van der Waals surface area contributed by atoms with Crippen molar-refractivity contribution in [2.45, 2.75) is 25.7 Å². The average Bonchev–Trinajstić information content (AvgIpc) is 2.82. The lowest BCUT2D eigenvalue weighted by atomic mass is 10.2. The predicted octanol–water partition coefficient (Wildman–Crippen LogP) is 2.40. The van der Waals surface area contributed by atoms with E-state index in [9.17, 15) is 0 Å². The molecule has 0 radical (unpaired) electrons. The van der Waals surface area contributed by atoms with Gasteiger partial charge < -0.3 is 10.1 Å². The van der Waals surface area contributed by atoms with E-state index in [1.165, 1.54) is 25.6 Å². The molecule has 1 aliphatic carbocycles. The van der Waals surface area contributed by atoms with Gasteiger partial charge in [0.15, 0.2) is 0 Å². The minimum absolute atomic E-state index is 0.595. The zero-order valence-corrected chi connectivity index (χ0v) is 9.57. The van der Waals surface area contributed by atoms with Crippen LogP contribution in [0.3, 0.4) is 0 Å². The molecule has 0 spiro atoms. The summed E-state index contributed by atoms with van der Waals surface area (Å²) in [5.41, 5.74) is 1.56. The zero-order valence-electron chi connectivity index (χ0n) is 9.57. The molecule has 1 aliphatic rings. The number of hydrogen-bond acceptors (Lipinski definition) is 4. The number of hydrogen-bond donors (Lipinski definition) is 1. The first-order valence-corrected chi connectivity index (χ1v) is 5.66. The molecular formula is C12H17N3O. The molecule has 0 aliphatic heterocycles. The summed E-state index contributed by atoms with van der Waals surface area (Å²) < 4.78 is 5.03. The summed E-state index contributed by atoms with van der Waals surface area (Å²) >= 11 is 0. The van der Waals surface area contributed by atoms with Crippen molar-refractivity contribution in [2.75, 3.05) is 19.0 Å². The van der Waals surface area contributed by atoms with Crippen LogP contribution in [0.5, 0.6) is 5.88 Å². The van der Waals surface area contributed by atoms with Crippen LogP contribution in [0.1, 0.15) is 25.7 Å². The van der Waals surface area contributed by atoms with E-state index < -0.39 is 0 Å². The lowest BCUT2D eigenvalue weighted by Crippen LogP contribution is -2.04. The number of anilines is 1. The Hall–Kier alpha value is -1.58. The topological polar surface area (TPSA) is 47.0 Å². The highest BCUT2D eigenvalue weighted by Crippen LogP contribution is 2.20. The fraction of sp³-hybridized carbons (Fsp3) is 0.500. The molecule has 4 heteroatoms. The van der Waals surface area contributed by atoms with Crippen molar-refractivity contribution in [1.29, 1.82) is 0 Å². The van der Waals surface area contributed by atoms with Crippen LogP contribution in [0.4, 0.5) is 5.82 Å². The fourth-order valence-corrected chi connectivity index (χ4v) is 1.86. The lowest BCUT2D eigenvalue weighted by molar-refractivity contribution is 0.397. The van der Waals surface area contributed by atoms with Crippen molar-refractivity contribution in [3.05, 3.63) is 24.0 Å². The van der Waals surface area contributed by atoms with E-state index >= 15 is 0 Å². The predicted molar refractivity (Wildman–Crippen MR) is 63.6 cm³/mol. The van der Waals surface area contributed by atoms with Crippen LogP contribution < -0.4 is 10.1 Å². The van der Waals surface area contributed by atoms with Crippen LogP contribution in [-0.4, -0.2) is 23.6 Å². The monoisotopic (exact) mass is 219 g/mol. The van der Waals surface area contributed by atoms with Gasteiger partial charge in [0.05, 0.1) is 7.11 Å². The van der Waals surface area contributed by atoms with Crippen LogP contribution in [0.15, 0.2) is 24.0 Å². The van der Waals surface area contributed by atoms with E-state index in [2.05, 4.69) is 21.4 Å². The van der Waals surface area contributed by atoms with Crippen molar-refractivity contribution >= 4 is 5.82 Å². The van der Waals surface area contributed by atoms with Crippen LogP contribution in [0.2, 0.25) is 0 Å². The third kappa shape index (κ3) is 2.95. The maximum Gasteiger partial charge on any atom is 0.218 e. The highest BCUT2D eigenvalue weighted by molar-refractivity contribution is 5.37. The normalized spacial score (nSPS) is 14.7. The van der Waals surface area contributed by atoms with Crippen molar-refractivity contribution in [2.24, 2.45) is 0 Å². The second-order valence-electron chi connectivity index (χ2n) is 3.88. The van der Waals surface area contributed by atoms with Crippen molar-refractivity contribution in [3.8, 4) is 5.88 Å². The Labute approximate surface area is 95.8 Å². The average molecular weight is 219 g/mol. The van der Waals surface area contributed by atoms with Gasteiger partial charge in [-0.2, -0.15) is 0 Å². The summed E-state index contributed by atoms with van der Waals surface area (Å²) in [6.07, 6.45) is 8.78. The molecule has 0 saturated heterocycles. The molecule has 86 valence electrons. The molecule has 0 atom stereocenters. The Morgan fingerprint density at radius 3 is 3.12 bits per heavy atom. The number of ether oxygens (including phenoxy) is 1. The van der Waals surface area contributed by atoms with E-state index in [4.69, 9.17) is 4.74 Å². The molecule has 0 fully saturated rings. The first kappa shape index (κ1) is 10.9. The molecule has 0 amide bonds. The maximum atomic E-state index is 5.03. The number of nitrogens with zero attached hydrogens (tertiary/aromatic N) is 2. The zero-order chi connectivity index (χ0) is 11.2. The largest absolute Gasteiger partial charge is 0.481 e. The molecule has 1 heterocycles. The molecule has 2 rings (SSSR count). The van der Waals surface area contributed by atoms with Crippen LogP contribution >= 0.6 is 0 Å². The summed E-state index contributed by atoms with van der Waals surface area (Å²) in [5, 5.41) is 3.27. The second kappa shape index (κ2) is 5.49. The Morgan fingerprint density at radius 2 is 2.38 bits per heavy atom. The van der Waals surface area contributed by atoms with Crippen LogP contribution in [0, 0.1) is 0 Å². The smallest absolute Gasteiger partial charge is 0.218 e. The number of aromatic nitrogens is 2. The minimum atomic E-state index is 0.595. The first-order chi connectivity index (χ1) is 7.88. The van der Waals surface area contributed by atoms with Crippen molar-refractivity contribution in [1.82, 2.24) is 9.97 Å². The standard InChI is InChI=1S/C12H17N3O/c1-16-12-8-11(14-9-15-12)13-7-6-10-4-2-3-5-10/h4,8-9H,2-3,5-7H2,1H3,(H,13,14,15). The second-order valence-corrected chi connectivity index (χ2v) is 3.88. The Bertz CT molecular complexity index is 376. The van der Waals surface area contributed by atoms with Gasteiger partial charge in [-0.05, 0) is 25.7 Å². The molecule has 0 aromatic carbocycles. The molecule has 1 N–H and O–H groups in total. The van der Waals surface area contributed by atoms with E-state index in [0.29, 0.717) is 5.88 Å². The number of rotatable bonds is 5. The summed E-state index contributed by atoms with van der Waals surface area (Å²) in [6, 6.07) is 1.81. The Kier molecular flexibility index (Phi) is 3.75. The van der Waals surface area contributed by atoms with Crippen LogP contribution in [-0.2, 0) is 0 Å². The number of allylic oxidation sites excluding steroid dienone is 1. The quantitative estimate of drug-likeness (QED) is 0.772. The van der Waals surface area contributed by atoms with E-state index in [1.54, 1.807) is 12.7 Å². The van der Waals surface area contributed by atoms with Crippen LogP contribution in [0.25, 0.3) is 0 Å². The minimum Gasteiger partial charge on any atom is -0.481 e. The molecule has 0 unspecified atom stereocenters. The molecular weight excluding hydrogens is 202 g/mol. The molecule has 16 heavy (non-hydrogen) atoms. The highest BCUT2D eigenvalue weighted by atomic mass is 16.5. The third-order valence-corrected chi connectivity index (χ3v) is 2.74. The van der Waals surface area contributed by atoms with Gasteiger partial charge in [-0.25, -0.2) is 9.97 Å². The fourth-order valence-electron chi connectivity index (χ4n) is 1.86. The van der Waals surface area contributed by atoms with Gasteiger partial charge in [0.1, 0.15) is 12.1 Å². The van der Waals surface area contributed by atoms with Gasteiger partial charge in [-0.15, -0.1) is 0 Å². The summed E-state index contributed by atoms with van der Waals surface area (Å²) in [4.78, 5) is 8.09. The highest BCUT2D eigenvalue weighted by Gasteiger charge is 2.04. The van der Waals surface area contributed by atoms with Crippen molar-refractivity contribution in [3.63, 3.8) is 0 Å². The summed E-state index contributed by atoms with van der Waals surface area (Å²) in [7, 11) is 1.61. The van der Waals surface area contributed by atoms with E-state index in [-0.39, 0.29) is 0 Å². The van der Waals surface area contributed by atoms with Gasteiger partial charge in [0, 0.05) is 12.6 Å². The number of methoxy groups -OCH3 is 1. The Balaban J connectivity index is 1.80. The summed E-state index contributed by atoms with van der Waals surface area (Å²) in [5.74, 6) is 1.42. The van der Waals surface area contributed by atoms with Crippen molar-refractivity contribution < 1.29 is 4.74 Å². The lowest BCUT2D eigenvalue weighted by Gasteiger charge is -2.06. The molecule has 4 nitrogen and oxygen atoms in total. The maximum absolute atomic E-state index is 5.03. The molecule has 1 aromatic rings. The van der Waals surface area contributed by atoms with Gasteiger partial charge in [0.25, 0.3) is 0 Å². The van der Waals surface area contributed by atoms with Gasteiger partial charge in [-0.3, -0.25) is 0 Å². The summed E-state index contributed by atoms with van der Waals surface area (Å²) in [6.45, 7) is 0.923. The molecule has 0 saturated carbocycles. The Morgan fingerprint density at radius 1 is 1.44 bits per heavy atom. The van der Waals surface area contributed by atoms with E-state index in [1.807, 2.05) is 6.07 Å². The van der Waals surface area contributed by atoms with Gasteiger partial charge >= 0.3 is 0 Å².